The summed E-state index contributed by atoms with van der Waals surface area (Å²) in [6.45, 7) is 1.81. The van der Waals surface area contributed by atoms with Crippen LogP contribution < -0.4 is 10.6 Å². The largest absolute Gasteiger partial charge is 0.450 e. The smallest absolute Gasteiger partial charge is 0.415 e. The second-order valence-corrected chi connectivity index (χ2v) is 7.56. The van der Waals surface area contributed by atoms with Gasteiger partial charge in [0.15, 0.2) is 0 Å². The van der Waals surface area contributed by atoms with E-state index in [0.717, 1.165) is 16.7 Å². The Morgan fingerprint density at radius 2 is 1.37 bits per heavy atom. The predicted octanol–water partition coefficient (Wildman–Crippen LogP) is 4.51. The van der Waals surface area contributed by atoms with Crippen molar-refractivity contribution >= 4 is 17.9 Å². The molecule has 1 unspecified atom stereocenters. The fourth-order valence-electron chi connectivity index (χ4n) is 3.89. The Bertz CT molecular complexity index is 1220. The molecule has 4 aromatic heterocycles. The van der Waals surface area contributed by atoms with Crippen LogP contribution in [0.3, 0.4) is 0 Å². The molecule has 0 bridgehead atoms. The number of alkyl carbamates (subject to hydrolysis) is 1. The maximum atomic E-state index is 12.2. The van der Waals surface area contributed by atoms with Gasteiger partial charge in [0.1, 0.15) is 5.82 Å². The molecule has 0 spiro atoms. The molecule has 9 nitrogen and oxygen atoms in total. The van der Waals surface area contributed by atoms with Crippen molar-refractivity contribution in [2.75, 3.05) is 11.9 Å². The first-order valence-corrected chi connectivity index (χ1v) is 11.1. The van der Waals surface area contributed by atoms with Crippen LogP contribution in [-0.2, 0) is 4.74 Å². The molecular weight excluding hydrogens is 444 g/mol. The van der Waals surface area contributed by atoms with E-state index >= 15 is 0 Å². The minimum Gasteiger partial charge on any atom is -0.450 e. The summed E-state index contributed by atoms with van der Waals surface area (Å²) >= 11 is 0. The Kier molecular flexibility index (Phi) is 7.70. The van der Waals surface area contributed by atoms with Crippen LogP contribution in [0.5, 0.6) is 0 Å². The van der Waals surface area contributed by atoms with Gasteiger partial charge in [0, 0.05) is 49.0 Å². The molecule has 0 aliphatic carbocycles. The van der Waals surface area contributed by atoms with Crippen molar-refractivity contribution in [3.8, 4) is 0 Å². The third kappa shape index (κ3) is 6.02. The Labute approximate surface area is 202 Å². The van der Waals surface area contributed by atoms with Crippen molar-refractivity contribution in [2.45, 2.75) is 18.8 Å². The summed E-state index contributed by atoms with van der Waals surface area (Å²) in [5, 5.41) is 4.70. The number of aromatic nitrogens is 4. The second kappa shape index (κ2) is 11.5. The molecule has 1 atom stereocenters. The van der Waals surface area contributed by atoms with Gasteiger partial charge in [-0.3, -0.25) is 20.3 Å². The van der Waals surface area contributed by atoms with E-state index in [0.29, 0.717) is 5.69 Å². The maximum absolute atomic E-state index is 12.2. The average Bonchev–Trinajstić information content (AvgIpc) is 2.89. The Hall–Kier alpha value is -4.66. The quantitative estimate of drug-likeness (QED) is 0.410. The van der Waals surface area contributed by atoms with E-state index in [-0.39, 0.29) is 24.3 Å². The number of hydrogen-bond acceptors (Lipinski definition) is 7. The molecule has 0 fully saturated rings. The van der Waals surface area contributed by atoms with Crippen molar-refractivity contribution in [1.82, 2.24) is 25.3 Å². The molecule has 176 valence electrons. The van der Waals surface area contributed by atoms with Crippen LogP contribution in [0.2, 0.25) is 0 Å². The molecule has 0 aliphatic rings. The van der Waals surface area contributed by atoms with E-state index < -0.39 is 12.1 Å². The highest BCUT2D eigenvalue weighted by molar-refractivity contribution is 5.98. The van der Waals surface area contributed by atoms with Crippen LogP contribution in [0, 0.1) is 0 Å². The predicted molar refractivity (Wildman–Crippen MR) is 130 cm³/mol. The van der Waals surface area contributed by atoms with Crippen molar-refractivity contribution in [3.05, 3.63) is 114 Å². The zero-order valence-electron chi connectivity index (χ0n) is 19.0. The highest BCUT2D eigenvalue weighted by Gasteiger charge is 2.30. The third-order valence-corrected chi connectivity index (χ3v) is 5.29. The van der Waals surface area contributed by atoms with Gasteiger partial charge in [0.25, 0.3) is 0 Å². The van der Waals surface area contributed by atoms with Crippen LogP contribution in [0.1, 0.15) is 41.1 Å². The van der Waals surface area contributed by atoms with E-state index in [2.05, 4.69) is 25.6 Å². The average molecular weight is 469 g/mol. The van der Waals surface area contributed by atoms with Crippen molar-refractivity contribution in [3.63, 3.8) is 0 Å². The molecule has 4 heterocycles. The van der Waals surface area contributed by atoms with Gasteiger partial charge in [0.05, 0.1) is 12.3 Å². The van der Waals surface area contributed by atoms with Crippen LogP contribution in [0.15, 0.2) is 91.8 Å². The summed E-state index contributed by atoms with van der Waals surface area (Å²) in [6.07, 6.45) is 9.81. The number of rotatable bonds is 7. The molecule has 0 aliphatic heterocycles. The van der Waals surface area contributed by atoms with Gasteiger partial charge in [-0.1, -0.05) is 24.3 Å². The molecular formula is C26H24N6O3. The third-order valence-electron chi connectivity index (χ3n) is 5.29. The first kappa shape index (κ1) is 23.5. The lowest BCUT2D eigenvalue weighted by molar-refractivity contribution is 0.154. The SMILES string of the molecule is CCOC(=O)NC(=O)Nc1cccc(C(c2cccnc2)C(c2cccnc2)c2cccnc2)n1. The number of anilines is 1. The monoisotopic (exact) mass is 468 g/mol. The second-order valence-electron chi connectivity index (χ2n) is 7.56. The fourth-order valence-corrected chi connectivity index (χ4v) is 3.89. The lowest BCUT2D eigenvalue weighted by Gasteiger charge is -2.28. The number of amides is 3. The van der Waals surface area contributed by atoms with Crippen molar-refractivity contribution < 1.29 is 14.3 Å². The maximum Gasteiger partial charge on any atom is 0.415 e. The molecule has 0 aromatic carbocycles. The highest BCUT2D eigenvalue weighted by atomic mass is 16.5. The Morgan fingerprint density at radius 3 is 1.89 bits per heavy atom. The van der Waals surface area contributed by atoms with Gasteiger partial charge in [0.2, 0.25) is 0 Å². The van der Waals surface area contributed by atoms with Gasteiger partial charge in [-0.25, -0.2) is 19.9 Å². The lowest BCUT2D eigenvalue weighted by Crippen LogP contribution is -2.35. The standard InChI is InChI=1S/C26H24N6O3/c1-2-35-26(34)32-25(33)31-22-11-3-10-21(30-22)24(20-9-6-14-29-17-20)23(18-7-4-12-27-15-18)19-8-5-13-28-16-19/h3-17,23-24H,2H2,1H3,(H2,30,31,32,33,34). The zero-order valence-corrected chi connectivity index (χ0v) is 19.0. The number of nitrogens with zero attached hydrogens (tertiary/aromatic N) is 4. The van der Waals surface area contributed by atoms with E-state index in [1.807, 2.05) is 54.9 Å². The number of urea groups is 1. The molecule has 4 rings (SSSR count). The van der Waals surface area contributed by atoms with Gasteiger partial charge in [-0.2, -0.15) is 0 Å². The minimum atomic E-state index is -0.831. The number of carbonyl (C=O) groups is 2. The van der Waals surface area contributed by atoms with Gasteiger partial charge >= 0.3 is 12.1 Å². The fraction of sp³-hybridized carbons (Fsp3) is 0.154. The van der Waals surface area contributed by atoms with E-state index in [1.165, 1.54) is 0 Å². The number of pyridine rings is 4. The molecule has 2 N–H and O–H groups in total. The number of carbonyl (C=O) groups excluding carboxylic acids is 2. The van der Waals surface area contributed by atoms with Gasteiger partial charge in [-0.15, -0.1) is 0 Å². The Morgan fingerprint density at radius 1 is 0.800 bits per heavy atom. The number of ether oxygens (including phenoxy) is 1. The molecule has 35 heavy (non-hydrogen) atoms. The number of nitrogens with one attached hydrogen (secondary N) is 2. The summed E-state index contributed by atoms with van der Waals surface area (Å²) in [7, 11) is 0. The molecule has 3 amide bonds. The summed E-state index contributed by atoms with van der Waals surface area (Å²) in [6, 6.07) is 16.3. The highest BCUT2D eigenvalue weighted by Crippen LogP contribution is 2.41. The minimum absolute atomic E-state index is 0.156. The van der Waals surface area contributed by atoms with Crippen LogP contribution in [0.25, 0.3) is 0 Å². The van der Waals surface area contributed by atoms with E-state index in [4.69, 9.17) is 9.72 Å². The van der Waals surface area contributed by atoms with Gasteiger partial charge in [-0.05, 0) is 53.9 Å². The number of imide groups is 1. The number of hydrogen-bond donors (Lipinski definition) is 2. The molecule has 0 saturated carbocycles. The van der Waals surface area contributed by atoms with Gasteiger partial charge < -0.3 is 4.74 Å². The van der Waals surface area contributed by atoms with Crippen LogP contribution in [0.4, 0.5) is 15.4 Å². The van der Waals surface area contributed by atoms with Crippen LogP contribution >= 0.6 is 0 Å². The van der Waals surface area contributed by atoms with Crippen molar-refractivity contribution in [1.29, 1.82) is 0 Å². The van der Waals surface area contributed by atoms with Crippen LogP contribution in [-0.4, -0.2) is 38.7 Å². The zero-order chi connectivity index (χ0) is 24.5. The molecule has 4 aromatic rings. The summed E-state index contributed by atoms with van der Waals surface area (Å²) in [4.78, 5) is 41.5. The summed E-state index contributed by atoms with van der Waals surface area (Å²) in [5.74, 6) is -0.168. The molecule has 0 radical (unpaired) electrons. The normalized spacial score (nSPS) is 11.5. The summed E-state index contributed by atoms with van der Waals surface area (Å²) < 4.78 is 4.75. The van der Waals surface area contributed by atoms with Crippen molar-refractivity contribution in [2.24, 2.45) is 0 Å². The van der Waals surface area contributed by atoms with E-state index in [1.54, 1.807) is 43.8 Å². The summed E-state index contributed by atoms with van der Waals surface area (Å²) in [5.41, 5.74) is 3.60. The topological polar surface area (TPSA) is 119 Å². The first-order chi connectivity index (χ1) is 17.2. The van der Waals surface area contributed by atoms with E-state index in [9.17, 15) is 9.59 Å². The molecule has 9 heteroatoms. The molecule has 0 saturated heterocycles. The first-order valence-electron chi connectivity index (χ1n) is 11.1. The lowest BCUT2D eigenvalue weighted by atomic mass is 9.76. The Balaban J connectivity index is 1.76.